The molecule has 0 aromatic carbocycles. The van der Waals surface area contributed by atoms with E-state index >= 15 is 0 Å². The third-order valence-electron chi connectivity index (χ3n) is 13.5. The highest BCUT2D eigenvalue weighted by atomic mass is 16.6. The molecule has 0 aliphatic rings. The summed E-state index contributed by atoms with van der Waals surface area (Å²) in [4.78, 5) is 38.1. The van der Waals surface area contributed by atoms with E-state index < -0.39 is 6.10 Å². The van der Waals surface area contributed by atoms with Gasteiger partial charge in [0.1, 0.15) is 13.2 Å². The number of esters is 3. The van der Waals surface area contributed by atoms with Crippen LogP contribution in [0.2, 0.25) is 0 Å². The predicted octanol–water partition coefficient (Wildman–Crippen LogP) is 19.3. The number of hydrogen-bond donors (Lipinski definition) is 0. The molecule has 0 heterocycles. The Morgan fingerprint density at radius 1 is 0.292 bits per heavy atom. The molecule has 386 valence electrons. The second-order valence-corrected chi connectivity index (χ2v) is 21.2. The number of ether oxygens (including phenoxy) is 3. The molecule has 0 fully saturated rings. The first-order valence-corrected chi connectivity index (χ1v) is 29.2. The van der Waals surface area contributed by atoms with Gasteiger partial charge in [-0.3, -0.25) is 14.4 Å². The highest BCUT2D eigenvalue weighted by molar-refractivity contribution is 5.71. The van der Waals surface area contributed by atoms with Crippen molar-refractivity contribution in [1.29, 1.82) is 0 Å². The third-order valence-corrected chi connectivity index (χ3v) is 13.5. The van der Waals surface area contributed by atoms with Crippen molar-refractivity contribution in [3.8, 4) is 0 Å². The molecule has 0 rings (SSSR count). The summed E-state index contributed by atoms with van der Waals surface area (Å²) in [5.41, 5.74) is 0. The van der Waals surface area contributed by atoms with E-state index in [0.29, 0.717) is 19.3 Å². The van der Waals surface area contributed by atoms with Crippen molar-refractivity contribution in [3.63, 3.8) is 0 Å². The fourth-order valence-electron chi connectivity index (χ4n) is 9.05. The molecule has 0 aromatic heterocycles. The Kier molecular flexibility index (Phi) is 50.5. The van der Waals surface area contributed by atoms with Crippen LogP contribution in [0.15, 0.2) is 0 Å². The minimum Gasteiger partial charge on any atom is -0.462 e. The Morgan fingerprint density at radius 2 is 0.508 bits per heavy atom. The summed E-state index contributed by atoms with van der Waals surface area (Å²) >= 11 is 0. The zero-order chi connectivity index (χ0) is 47.5. The second kappa shape index (κ2) is 51.8. The van der Waals surface area contributed by atoms with Crippen LogP contribution in [0.4, 0.5) is 0 Å². The molecule has 0 spiro atoms. The summed E-state index contributed by atoms with van der Waals surface area (Å²) in [5, 5.41) is 0. The van der Waals surface area contributed by atoms with E-state index in [2.05, 4.69) is 34.6 Å². The fourth-order valence-corrected chi connectivity index (χ4v) is 9.05. The van der Waals surface area contributed by atoms with E-state index in [9.17, 15) is 14.4 Å². The van der Waals surface area contributed by atoms with Gasteiger partial charge in [-0.15, -0.1) is 0 Å². The first-order chi connectivity index (χ1) is 31.7. The van der Waals surface area contributed by atoms with E-state index in [1.54, 1.807) is 0 Å². The predicted molar refractivity (Wildman–Crippen MR) is 280 cm³/mol. The van der Waals surface area contributed by atoms with Gasteiger partial charge >= 0.3 is 17.9 Å². The Balaban J connectivity index is 4.25. The summed E-state index contributed by atoms with van der Waals surface area (Å²) < 4.78 is 16.9. The SMILES string of the molecule is CCCCCCCCCCCCCC(=O)OC[C@@H](COC(=O)CCCCCCCCCCCCCCCCC(C)C)OC(=O)CCCCCCCCCCCCCCCCCCC(C)C. The lowest BCUT2D eigenvalue weighted by molar-refractivity contribution is -0.167. The minimum atomic E-state index is -0.762. The van der Waals surface area contributed by atoms with Gasteiger partial charge in [-0.1, -0.05) is 291 Å². The van der Waals surface area contributed by atoms with Crippen LogP contribution in [0.3, 0.4) is 0 Å². The van der Waals surface area contributed by atoms with Crippen LogP contribution in [0.1, 0.15) is 330 Å². The molecule has 0 unspecified atom stereocenters. The molecule has 0 saturated carbocycles. The number of carbonyl (C=O) groups is 3. The standard InChI is InChI=1S/C59H114O6/c1-6-7-8-9-10-11-22-29-34-39-44-49-57(60)63-52-56(53-64-58(61)50-45-40-35-30-25-20-17-16-19-24-28-33-38-43-48-55(4)5)65-59(62)51-46-41-36-31-26-21-15-13-12-14-18-23-27-32-37-42-47-54(2)3/h54-56H,6-53H2,1-5H3/t56-/m0/s1. The van der Waals surface area contributed by atoms with Crippen LogP contribution >= 0.6 is 0 Å². The molecule has 6 heteroatoms. The fraction of sp³-hybridized carbons (Fsp3) is 0.949. The molecule has 0 N–H and O–H groups in total. The van der Waals surface area contributed by atoms with Crippen LogP contribution in [-0.4, -0.2) is 37.2 Å². The highest BCUT2D eigenvalue weighted by Crippen LogP contribution is 2.18. The largest absolute Gasteiger partial charge is 0.462 e. The number of hydrogen-bond acceptors (Lipinski definition) is 6. The van der Waals surface area contributed by atoms with Gasteiger partial charge in [0, 0.05) is 19.3 Å². The number of carbonyl (C=O) groups excluding carboxylic acids is 3. The van der Waals surface area contributed by atoms with Crippen molar-refractivity contribution >= 4 is 17.9 Å². The van der Waals surface area contributed by atoms with Crippen LogP contribution in [0.25, 0.3) is 0 Å². The minimum absolute atomic E-state index is 0.0625. The smallest absolute Gasteiger partial charge is 0.306 e. The lowest BCUT2D eigenvalue weighted by atomic mass is 10.0. The van der Waals surface area contributed by atoms with Crippen molar-refractivity contribution < 1.29 is 28.6 Å². The average Bonchev–Trinajstić information content (AvgIpc) is 3.28. The van der Waals surface area contributed by atoms with E-state index in [1.165, 1.54) is 218 Å². The molecule has 0 saturated heterocycles. The molecule has 1 atom stereocenters. The number of rotatable bonds is 53. The molecule has 0 radical (unpaired) electrons. The summed E-state index contributed by atoms with van der Waals surface area (Å²) in [5.74, 6) is 0.858. The summed E-state index contributed by atoms with van der Waals surface area (Å²) in [7, 11) is 0. The molecule has 0 amide bonds. The third kappa shape index (κ3) is 53.2. The summed E-state index contributed by atoms with van der Waals surface area (Å²) in [6, 6.07) is 0. The monoisotopic (exact) mass is 919 g/mol. The lowest BCUT2D eigenvalue weighted by Gasteiger charge is -2.18. The molecule has 65 heavy (non-hydrogen) atoms. The van der Waals surface area contributed by atoms with Gasteiger partial charge in [-0.2, -0.15) is 0 Å². The van der Waals surface area contributed by atoms with E-state index in [4.69, 9.17) is 14.2 Å². The molecule has 0 aliphatic carbocycles. The maximum Gasteiger partial charge on any atom is 0.306 e. The molecule has 0 aromatic rings. The Labute approximate surface area is 406 Å². The van der Waals surface area contributed by atoms with Gasteiger partial charge in [0.2, 0.25) is 0 Å². The van der Waals surface area contributed by atoms with E-state index in [-0.39, 0.29) is 31.1 Å². The van der Waals surface area contributed by atoms with Crippen LogP contribution < -0.4 is 0 Å². The molecule has 6 nitrogen and oxygen atoms in total. The lowest BCUT2D eigenvalue weighted by Crippen LogP contribution is -2.30. The van der Waals surface area contributed by atoms with Crippen molar-refractivity contribution in [2.24, 2.45) is 11.8 Å². The maximum absolute atomic E-state index is 12.9. The second-order valence-electron chi connectivity index (χ2n) is 21.2. The Hall–Kier alpha value is -1.59. The van der Waals surface area contributed by atoms with E-state index in [1.807, 2.05) is 0 Å². The quantitative estimate of drug-likeness (QED) is 0.0344. The van der Waals surface area contributed by atoms with Crippen molar-refractivity contribution in [1.82, 2.24) is 0 Å². The number of unbranched alkanes of at least 4 members (excludes halogenated alkanes) is 38. The highest BCUT2D eigenvalue weighted by Gasteiger charge is 2.19. The Morgan fingerprint density at radius 3 is 0.754 bits per heavy atom. The van der Waals surface area contributed by atoms with Gasteiger partial charge in [-0.25, -0.2) is 0 Å². The molecular weight excluding hydrogens is 805 g/mol. The van der Waals surface area contributed by atoms with Crippen LogP contribution in [-0.2, 0) is 28.6 Å². The molecule has 0 aliphatic heterocycles. The van der Waals surface area contributed by atoms with Gasteiger partial charge in [-0.05, 0) is 31.1 Å². The van der Waals surface area contributed by atoms with Gasteiger partial charge < -0.3 is 14.2 Å². The van der Waals surface area contributed by atoms with Gasteiger partial charge in [0.05, 0.1) is 0 Å². The van der Waals surface area contributed by atoms with Crippen molar-refractivity contribution in [2.45, 2.75) is 336 Å². The van der Waals surface area contributed by atoms with E-state index in [0.717, 1.165) is 69.6 Å². The topological polar surface area (TPSA) is 78.9 Å². The zero-order valence-corrected chi connectivity index (χ0v) is 44.6. The maximum atomic E-state index is 12.9. The molecule has 0 bridgehead atoms. The van der Waals surface area contributed by atoms with Gasteiger partial charge in [0.15, 0.2) is 6.10 Å². The summed E-state index contributed by atoms with van der Waals surface area (Å²) in [6.45, 7) is 11.4. The van der Waals surface area contributed by atoms with Crippen molar-refractivity contribution in [3.05, 3.63) is 0 Å². The zero-order valence-electron chi connectivity index (χ0n) is 44.6. The first kappa shape index (κ1) is 63.4. The van der Waals surface area contributed by atoms with Gasteiger partial charge in [0.25, 0.3) is 0 Å². The molecular formula is C59H114O6. The first-order valence-electron chi connectivity index (χ1n) is 29.2. The van der Waals surface area contributed by atoms with Crippen molar-refractivity contribution in [2.75, 3.05) is 13.2 Å². The van der Waals surface area contributed by atoms with Crippen LogP contribution in [0.5, 0.6) is 0 Å². The normalized spacial score (nSPS) is 12.0. The summed E-state index contributed by atoms with van der Waals surface area (Å²) in [6.07, 6.45) is 55.2. The Bertz CT molecular complexity index is 993. The van der Waals surface area contributed by atoms with Crippen LogP contribution in [0, 0.1) is 11.8 Å². The average molecular weight is 920 g/mol.